The minimum Gasteiger partial charge on any atom is -0.497 e. The van der Waals surface area contributed by atoms with Crippen molar-refractivity contribution < 1.29 is 9.53 Å². The number of carbonyl (C=O) groups excluding carboxylic acids is 1. The lowest BCUT2D eigenvalue weighted by atomic mass is 10.2. The van der Waals surface area contributed by atoms with E-state index < -0.39 is 6.03 Å². The Morgan fingerprint density at radius 1 is 0.935 bits per heavy atom. The summed E-state index contributed by atoms with van der Waals surface area (Å²) in [7, 11) is 1.61. The lowest BCUT2D eigenvalue weighted by molar-refractivity contribution is 0.256. The Morgan fingerprint density at radius 3 is 2.48 bits per heavy atom. The molecule has 3 N–H and O–H groups in total. The molecule has 8 heteroatoms. The first kappa shape index (κ1) is 19.8. The van der Waals surface area contributed by atoms with Gasteiger partial charge in [-0.2, -0.15) is 4.98 Å². The average Bonchev–Trinajstić information content (AvgIpc) is 2.80. The molecule has 2 amide bonds. The highest BCUT2D eigenvalue weighted by Gasteiger charge is 2.15. The molecule has 1 heterocycles. The van der Waals surface area contributed by atoms with Gasteiger partial charge in [0, 0.05) is 11.3 Å². The molecule has 0 aliphatic heterocycles. The number of aromatic nitrogens is 3. The van der Waals surface area contributed by atoms with Gasteiger partial charge in [-0.15, -0.1) is 0 Å². The summed E-state index contributed by atoms with van der Waals surface area (Å²) in [5.41, 5.74) is 8.43. The number of amides is 2. The van der Waals surface area contributed by atoms with Gasteiger partial charge in [-0.3, -0.25) is 4.90 Å². The van der Waals surface area contributed by atoms with Gasteiger partial charge >= 0.3 is 6.03 Å². The van der Waals surface area contributed by atoms with Crippen LogP contribution in [0, 0.1) is 0 Å². The van der Waals surface area contributed by atoms with Crippen LogP contribution in [0.3, 0.4) is 0 Å². The number of rotatable bonds is 6. The van der Waals surface area contributed by atoms with Crippen molar-refractivity contribution in [2.45, 2.75) is 0 Å². The second-order valence-electron chi connectivity index (χ2n) is 6.55. The maximum Gasteiger partial charge on any atom is 0.323 e. The Morgan fingerprint density at radius 2 is 1.71 bits per heavy atom. The van der Waals surface area contributed by atoms with Crippen LogP contribution in [-0.4, -0.2) is 28.1 Å². The molecular weight excluding hydrogens is 392 g/mol. The lowest BCUT2D eigenvalue weighted by Crippen LogP contribution is -2.31. The van der Waals surface area contributed by atoms with Gasteiger partial charge in [-0.05, 0) is 42.5 Å². The fourth-order valence-electron chi connectivity index (χ4n) is 3.09. The second kappa shape index (κ2) is 8.91. The summed E-state index contributed by atoms with van der Waals surface area (Å²) in [5.74, 6) is 1.60. The van der Waals surface area contributed by atoms with E-state index in [2.05, 4.69) is 20.3 Å². The summed E-state index contributed by atoms with van der Waals surface area (Å²) in [6, 6.07) is 23.4. The van der Waals surface area contributed by atoms with Gasteiger partial charge in [0.1, 0.15) is 12.1 Å². The van der Waals surface area contributed by atoms with Crippen LogP contribution in [0.1, 0.15) is 0 Å². The van der Waals surface area contributed by atoms with Crippen molar-refractivity contribution in [2.24, 2.45) is 5.73 Å². The number of urea groups is 1. The van der Waals surface area contributed by atoms with Crippen molar-refractivity contribution in [3.8, 4) is 17.1 Å². The van der Waals surface area contributed by atoms with Crippen LogP contribution in [-0.2, 0) is 0 Å². The van der Waals surface area contributed by atoms with Crippen LogP contribution in [0.15, 0.2) is 85.2 Å². The Labute approximate surface area is 179 Å². The first-order valence-electron chi connectivity index (χ1n) is 9.49. The molecule has 31 heavy (non-hydrogen) atoms. The highest BCUT2D eigenvalue weighted by Crippen LogP contribution is 2.28. The summed E-state index contributed by atoms with van der Waals surface area (Å²) < 4.78 is 5.26. The number of ether oxygens (including phenoxy) is 1. The predicted octanol–water partition coefficient (Wildman–Crippen LogP) is 4.51. The molecule has 0 bridgehead atoms. The predicted molar refractivity (Wildman–Crippen MR) is 120 cm³/mol. The van der Waals surface area contributed by atoms with Gasteiger partial charge in [-0.25, -0.2) is 14.8 Å². The van der Waals surface area contributed by atoms with Gasteiger partial charge < -0.3 is 15.8 Å². The topological polar surface area (TPSA) is 106 Å². The summed E-state index contributed by atoms with van der Waals surface area (Å²) in [5, 5.41) is 3.16. The minimum atomic E-state index is -0.580. The largest absolute Gasteiger partial charge is 0.497 e. The number of hydrogen-bond acceptors (Lipinski definition) is 6. The molecule has 0 saturated carbocycles. The van der Waals surface area contributed by atoms with Crippen LogP contribution in [0.5, 0.6) is 5.75 Å². The number of anilines is 4. The SMILES string of the molecule is COc1cccc(-c2ncnc(Nc3cccc(N(C(N)=O)c4ccccc4)c3)n2)c1. The maximum atomic E-state index is 12.1. The molecule has 154 valence electrons. The number of primary amides is 1. The molecule has 0 radical (unpaired) electrons. The molecule has 1 aromatic heterocycles. The average molecular weight is 412 g/mol. The Hall–Kier alpha value is -4.46. The number of benzene rings is 3. The Balaban J connectivity index is 1.61. The summed E-state index contributed by atoms with van der Waals surface area (Å²) in [6.45, 7) is 0. The van der Waals surface area contributed by atoms with Crippen molar-refractivity contribution in [1.82, 2.24) is 15.0 Å². The molecule has 0 spiro atoms. The van der Waals surface area contributed by atoms with E-state index in [9.17, 15) is 4.79 Å². The molecule has 0 aliphatic rings. The zero-order valence-corrected chi connectivity index (χ0v) is 16.8. The Kier molecular flexibility index (Phi) is 5.70. The zero-order valence-electron chi connectivity index (χ0n) is 16.8. The number of nitrogens with two attached hydrogens (primary N) is 1. The minimum absolute atomic E-state index is 0.371. The van der Waals surface area contributed by atoms with Gasteiger partial charge in [0.2, 0.25) is 5.95 Å². The van der Waals surface area contributed by atoms with Crippen LogP contribution < -0.4 is 20.7 Å². The summed E-state index contributed by atoms with van der Waals surface area (Å²) >= 11 is 0. The quantitative estimate of drug-likeness (QED) is 0.483. The van der Waals surface area contributed by atoms with Gasteiger partial charge in [0.05, 0.1) is 18.5 Å². The molecule has 4 rings (SSSR count). The first-order valence-corrected chi connectivity index (χ1v) is 9.49. The number of carbonyl (C=O) groups is 1. The van der Waals surface area contributed by atoms with E-state index in [1.807, 2.05) is 66.7 Å². The van der Waals surface area contributed by atoms with Crippen LogP contribution in [0.25, 0.3) is 11.4 Å². The van der Waals surface area contributed by atoms with Crippen molar-refractivity contribution in [2.75, 3.05) is 17.3 Å². The number of methoxy groups -OCH3 is 1. The van der Waals surface area contributed by atoms with E-state index in [4.69, 9.17) is 10.5 Å². The third-order valence-electron chi connectivity index (χ3n) is 4.50. The van der Waals surface area contributed by atoms with Crippen LogP contribution in [0.2, 0.25) is 0 Å². The Bertz CT molecular complexity index is 1200. The van der Waals surface area contributed by atoms with Crippen LogP contribution >= 0.6 is 0 Å². The summed E-state index contributed by atoms with van der Waals surface area (Å²) in [6.07, 6.45) is 1.44. The molecule has 8 nitrogen and oxygen atoms in total. The maximum absolute atomic E-state index is 12.1. The smallest absolute Gasteiger partial charge is 0.323 e. The van der Waals surface area contributed by atoms with Gasteiger partial charge in [0.15, 0.2) is 5.82 Å². The van der Waals surface area contributed by atoms with E-state index in [1.54, 1.807) is 19.2 Å². The van der Waals surface area contributed by atoms with Gasteiger partial charge in [-0.1, -0.05) is 36.4 Å². The fraction of sp³-hybridized carbons (Fsp3) is 0.0435. The molecule has 0 saturated heterocycles. The van der Waals surface area contributed by atoms with E-state index in [1.165, 1.54) is 11.2 Å². The lowest BCUT2D eigenvalue weighted by Gasteiger charge is -2.21. The normalized spacial score (nSPS) is 10.4. The molecule has 3 aromatic carbocycles. The second-order valence-corrected chi connectivity index (χ2v) is 6.55. The number of hydrogen-bond donors (Lipinski definition) is 2. The number of para-hydroxylation sites is 1. The van der Waals surface area contributed by atoms with Crippen molar-refractivity contribution in [1.29, 1.82) is 0 Å². The monoisotopic (exact) mass is 412 g/mol. The zero-order chi connectivity index (χ0) is 21.6. The molecule has 4 aromatic rings. The van der Waals surface area contributed by atoms with E-state index in [-0.39, 0.29) is 0 Å². The van der Waals surface area contributed by atoms with E-state index in [0.717, 1.165) is 5.56 Å². The highest BCUT2D eigenvalue weighted by molar-refractivity contribution is 5.98. The van der Waals surface area contributed by atoms with Crippen molar-refractivity contribution in [3.63, 3.8) is 0 Å². The first-order chi connectivity index (χ1) is 15.1. The van der Waals surface area contributed by atoms with Crippen molar-refractivity contribution >= 4 is 29.0 Å². The third-order valence-corrected chi connectivity index (χ3v) is 4.50. The molecule has 0 unspecified atom stereocenters. The van der Waals surface area contributed by atoms with Crippen molar-refractivity contribution in [3.05, 3.63) is 85.2 Å². The van der Waals surface area contributed by atoms with E-state index in [0.29, 0.717) is 34.6 Å². The number of nitrogens with zero attached hydrogens (tertiary/aromatic N) is 4. The van der Waals surface area contributed by atoms with Gasteiger partial charge in [0.25, 0.3) is 0 Å². The highest BCUT2D eigenvalue weighted by atomic mass is 16.5. The molecular formula is C23H20N6O2. The van der Waals surface area contributed by atoms with E-state index >= 15 is 0 Å². The number of nitrogens with one attached hydrogen (secondary N) is 1. The standard InChI is InChI=1S/C23H20N6O2/c1-31-20-12-5-7-16(13-20)21-25-15-26-23(28-21)27-17-8-6-11-19(14-17)29(22(24)30)18-9-3-2-4-10-18/h2-15H,1H3,(H2,24,30)(H,25,26,27,28). The fourth-order valence-corrected chi connectivity index (χ4v) is 3.09. The molecule has 0 atom stereocenters. The summed E-state index contributed by atoms with van der Waals surface area (Å²) in [4.78, 5) is 26.5. The van der Waals surface area contributed by atoms with Crippen LogP contribution in [0.4, 0.5) is 27.8 Å². The molecule has 0 aliphatic carbocycles. The molecule has 0 fully saturated rings. The third kappa shape index (κ3) is 4.59.